The Hall–Kier alpha value is -3.51. The summed E-state index contributed by atoms with van der Waals surface area (Å²) in [5.41, 5.74) is 2.94. The molecule has 3 aromatic rings. The Morgan fingerprint density at radius 1 is 1.03 bits per heavy atom. The van der Waals surface area contributed by atoms with Crippen molar-refractivity contribution in [1.82, 2.24) is 14.0 Å². The van der Waals surface area contributed by atoms with E-state index in [-0.39, 0.29) is 11.7 Å². The summed E-state index contributed by atoms with van der Waals surface area (Å²) in [6, 6.07) is 17.7. The highest BCUT2D eigenvalue weighted by Gasteiger charge is 2.22. The predicted octanol–water partition coefficient (Wildman–Crippen LogP) is 4.14. The molecule has 2 aromatic carbocycles. The van der Waals surface area contributed by atoms with Crippen molar-refractivity contribution in [2.24, 2.45) is 0 Å². The molecule has 1 aliphatic rings. The summed E-state index contributed by atoms with van der Waals surface area (Å²) in [6.07, 6.45) is 8.33. The monoisotopic (exact) mass is 431 g/mol. The van der Waals surface area contributed by atoms with Gasteiger partial charge in [0.05, 0.1) is 18.8 Å². The molecule has 0 N–H and O–H groups in total. The lowest BCUT2D eigenvalue weighted by Gasteiger charge is -2.22. The molecule has 0 spiro atoms. The summed E-state index contributed by atoms with van der Waals surface area (Å²) in [7, 11) is 5.71. The third-order valence-electron chi connectivity index (χ3n) is 5.61. The van der Waals surface area contributed by atoms with Gasteiger partial charge in [0.2, 0.25) is 0 Å². The maximum Gasteiger partial charge on any atom is 0.333 e. The molecular formula is C26H29N3O3. The van der Waals surface area contributed by atoms with Crippen molar-refractivity contribution in [3.8, 4) is 11.4 Å². The zero-order valence-electron chi connectivity index (χ0n) is 18.8. The molecule has 0 bridgehead atoms. The van der Waals surface area contributed by atoms with E-state index in [2.05, 4.69) is 17.0 Å². The molecule has 6 nitrogen and oxygen atoms in total. The maximum absolute atomic E-state index is 13.2. The minimum absolute atomic E-state index is 0.0748. The third kappa shape index (κ3) is 4.70. The molecule has 1 atom stereocenters. The molecule has 0 saturated carbocycles. The van der Waals surface area contributed by atoms with E-state index < -0.39 is 0 Å². The van der Waals surface area contributed by atoms with Crippen LogP contribution < -0.4 is 10.4 Å². The largest absolute Gasteiger partial charge is 0.496 e. The highest BCUT2D eigenvalue weighted by molar-refractivity contribution is 5.71. The van der Waals surface area contributed by atoms with Crippen molar-refractivity contribution < 1.29 is 9.47 Å². The van der Waals surface area contributed by atoms with Gasteiger partial charge in [0.1, 0.15) is 18.1 Å². The van der Waals surface area contributed by atoms with Crippen LogP contribution in [0, 0.1) is 0 Å². The first-order valence-corrected chi connectivity index (χ1v) is 10.7. The number of rotatable bonds is 8. The average molecular weight is 432 g/mol. The molecule has 0 amide bonds. The van der Waals surface area contributed by atoms with Crippen molar-refractivity contribution in [1.29, 1.82) is 0 Å². The number of aromatic nitrogens is 2. The van der Waals surface area contributed by atoms with Crippen molar-refractivity contribution in [2.45, 2.75) is 12.5 Å². The molecule has 6 heteroatoms. The lowest BCUT2D eigenvalue weighted by Crippen LogP contribution is -2.26. The fourth-order valence-corrected chi connectivity index (χ4v) is 3.85. The molecule has 1 aromatic heterocycles. The molecule has 1 unspecified atom stereocenters. The molecule has 4 rings (SSSR count). The standard InChI is InChI=1S/C26H29N3O3/c1-27(2)17-18-32-23-12-9-21(10-13-23)28-15-16-29(26(28)30)22-11-14-25(31-3)24(19-22)20-7-5-4-6-8-20/h4-16,22H,17-19H2,1-3H3. The topological polar surface area (TPSA) is 48.6 Å². The molecule has 0 radical (unpaired) electrons. The van der Waals surface area contributed by atoms with E-state index in [1.54, 1.807) is 16.2 Å². The Morgan fingerprint density at radius 2 is 1.78 bits per heavy atom. The van der Waals surface area contributed by atoms with Gasteiger partial charge in [0.25, 0.3) is 0 Å². The van der Waals surface area contributed by atoms with Crippen molar-refractivity contribution >= 4 is 5.57 Å². The van der Waals surface area contributed by atoms with Crippen molar-refractivity contribution in [3.05, 3.63) is 101 Å². The molecule has 0 aliphatic heterocycles. The number of benzene rings is 2. The number of allylic oxidation sites excluding steroid dienone is 3. The minimum Gasteiger partial charge on any atom is -0.496 e. The summed E-state index contributed by atoms with van der Waals surface area (Å²) < 4.78 is 14.8. The lowest BCUT2D eigenvalue weighted by molar-refractivity contribution is 0.261. The van der Waals surface area contributed by atoms with Gasteiger partial charge in [-0.25, -0.2) is 4.79 Å². The molecular weight excluding hydrogens is 402 g/mol. The van der Waals surface area contributed by atoms with Crippen LogP contribution in [0.25, 0.3) is 11.3 Å². The molecule has 1 aliphatic carbocycles. The highest BCUT2D eigenvalue weighted by atomic mass is 16.5. The number of nitrogens with zero attached hydrogens (tertiary/aromatic N) is 3. The number of imidazole rings is 1. The summed E-state index contributed by atoms with van der Waals surface area (Å²) >= 11 is 0. The Balaban J connectivity index is 1.53. The van der Waals surface area contributed by atoms with Gasteiger partial charge in [-0.05, 0) is 50.0 Å². The number of methoxy groups -OCH3 is 1. The second-order valence-electron chi connectivity index (χ2n) is 8.05. The van der Waals surface area contributed by atoms with Crippen LogP contribution in [0.2, 0.25) is 0 Å². The molecule has 0 fully saturated rings. The van der Waals surface area contributed by atoms with Crippen LogP contribution in [0.4, 0.5) is 0 Å². The van der Waals surface area contributed by atoms with E-state index in [0.717, 1.165) is 34.9 Å². The molecule has 32 heavy (non-hydrogen) atoms. The van der Waals surface area contributed by atoms with E-state index >= 15 is 0 Å². The van der Waals surface area contributed by atoms with Gasteiger partial charge >= 0.3 is 5.69 Å². The van der Waals surface area contributed by atoms with E-state index in [4.69, 9.17) is 9.47 Å². The third-order valence-corrected chi connectivity index (χ3v) is 5.61. The van der Waals surface area contributed by atoms with Crippen molar-refractivity contribution in [3.63, 3.8) is 0 Å². The first-order chi connectivity index (χ1) is 15.6. The first kappa shape index (κ1) is 21.7. The lowest BCUT2D eigenvalue weighted by atomic mass is 9.93. The van der Waals surface area contributed by atoms with Crippen LogP contribution >= 0.6 is 0 Å². The van der Waals surface area contributed by atoms with Gasteiger partial charge in [-0.2, -0.15) is 0 Å². The summed E-state index contributed by atoms with van der Waals surface area (Å²) in [5, 5.41) is 0. The summed E-state index contributed by atoms with van der Waals surface area (Å²) in [4.78, 5) is 15.3. The van der Waals surface area contributed by atoms with Crippen LogP contribution in [-0.2, 0) is 4.74 Å². The summed E-state index contributed by atoms with van der Waals surface area (Å²) in [5.74, 6) is 1.63. The Kier molecular flexibility index (Phi) is 6.61. The van der Waals surface area contributed by atoms with Crippen molar-refractivity contribution in [2.75, 3.05) is 34.4 Å². The van der Waals surface area contributed by atoms with Crippen LogP contribution in [0.15, 0.2) is 89.7 Å². The quantitative estimate of drug-likeness (QED) is 0.538. The van der Waals surface area contributed by atoms with E-state index in [1.807, 2.05) is 81.1 Å². The van der Waals surface area contributed by atoms with Crippen LogP contribution in [0.5, 0.6) is 5.75 Å². The smallest absolute Gasteiger partial charge is 0.333 e. The van der Waals surface area contributed by atoms with Gasteiger partial charge in [0, 0.05) is 30.9 Å². The second kappa shape index (κ2) is 9.75. The highest BCUT2D eigenvalue weighted by Crippen LogP contribution is 2.33. The Morgan fingerprint density at radius 3 is 2.47 bits per heavy atom. The minimum atomic E-state index is -0.0773. The zero-order chi connectivity index (χ0) is 22.5. The number of hydrogen-bond donors (Lipinski definition) is 0. The van der Waals surface area contributed by atoms with Gasteiger partial charge in [-0.15, -0.1) is 0 Å². The molecule has 166 valence electrons. The van der Waals surface area contributed by atoms with Gasteiger partial charge in [-0.3, -0.25) is 9.13 Å². The van der Waals surface area contributed by atoms with Gasteiger partial charge in [0.15, 0.2) is 0 Å². The number of hydrogen-bond acceptors (Lipinski definition) is 4. The maximum atomic E-state index is 13.2. The van der Waals surface area contributed by atoms with E-state index in [9.17, 15) is 4.79 Å². The zero-order valence-corrected chi connectivity index (χ0v) is 18.8. The van der Waals surface area contributed by atoms with Gasteiger partial charge in [-0.1, -0.05) is 36.4 Å². The SMILES string of the molecule is COC1=C(c2ccccc2)CC(n2ccn(-c3ccc(OCCN(C)C)cc3)c2=O)C=C1. The average Bonchev–Trinajstić information content (AvgIpc) is 3.20. The summed E-state index contributed by atoms with van der Waals surface area (Å²) in [6.45, 7) is 1.47. The molecule has 0 saturated heterocycles. The number of likely N-dealkylation sites (N-methyl/N-ethyl adjacent to an activating group) is 1. The number of ether oxygens (including phenoxy) is 2. The Bertz CT molecular complexity index is 1160. The molecule has 1 heterocycles. The van der Waals surface area contributed by atoms with E-state index in [0.29, 0.717) is 13.0 Å². The Labute approximate surface area is 188 Å². The second-order valence-corrected chi connectivity index (χ2v) is 8.05. The normalized spacial score (nSPS) is 15.9. The predicted molar refractivity (Wildman–Crippen MR) is 127 cm³/mol. The van der Waals surface area contributed by atoms with Crippen LogP contribution in [-0.4, -0.2) is 48.4 Å². The fraction of sp³-hybridized carbons (Fsp3) is 0.269. The first-order valence-electron chi connectivity index (χ1n) is 10.7. The fourth-order valence-electron chi connectivity index (χ4n) is 3.85. The van der Waals surface area contributed by atoms with Crippen LogP contribution in [0.1, 0.15) is 18.0 Å². The van der Waals surface area contributed by atoms with E-state index in [1.165, 1.54) is 0 Å². The van der Waals surface area contributed by atoms with Gasteiger partial charge < -0.3 is 14.4 Å². The van der Waals surface area contributed by atoms with Crippen LogP contribution in [0.3, 0.4) is 0 Å².